The highest BCUT2D eigenvalue weighted by Crippen LogP contribution is 2.26. The first kappa shape index (κ1) is 70.3. The zero-order valence-corrected chi connectivity index (χ0v) is 48.2. The summed E-state index contributed by atoms with van der Waals surface area (Å²) in [4.78, 5) is 13.0. The van der Waals surface area contributed by atoms with Gasteiger partial charge in [-0.2, -0.15) is 8.42 Å². The largest absolute Gasteiger partial charge is 0.457 e. The smallest absolute Gasteiger partial charge is 0.397 e. The van der Waals surface area contributed by atoms with Gasteiger partial charge in [-0.25, -0.2) is 4.18 Å². The van der Waals surface area contributed by atoms with E-state index in [1.807, 2.05) is 0 Å². The van der Waals surface area contributed by atoms with Gasteiger partial charge < -0.3 is 34.3 Å². The van der Waals surface area contributed by atoms with Crippen molar-refractivity contribution in [3.63, 3.8) is 0 Å². The van der Waals surface area contributed by atoms with Gasteiger partial charge >= 0.3 is 16.4 Å². The molecular weight excluding hydrogens is 957 g/mol. The van der Waals surface area contributed by atoms with Crippen molar-refractivity contribution in [3.05, 3.63) is 36.5 Å². The molecule has 0 bridgehead atoms. The molecule has 6 unspecified atom stereocenters. The van der Waals surface area contributed by atoms with Crippen LogP contribution in [0, 0.1) is 0 Å². The molecule has 1 aliphatic rings. The number of aliphatic hydroxyl groups excluding tert-OH is 3. The Morgan fingerprint density at radius 3 is 1.30 bits per heavy atom. The summed E-state index contributed by atoms with van der Waals surface area (Å²) >= 11 is 0. The van der Waals surface area contributed by atoms with Crippen LogP contribution in [-0.2, 0) is 38.3 Å². The maximum absolute atomic E-state index is 13.0. The van der Waals surface area contributed by atoms with E-state index in [9.17, 15) is 33.1 Å². The summed E-state index contributed by atoms with van der Waals surface area (Å²) in [6.07, 6.45) is 56.1. The van der Waals surface area contributed by atoms with E-state index in [1.165, 1.54) is 199 Å². The average molecular weight is 1070 g/mol. The molecule has 0 spiro atoms. The molecule has 0 aromatic rings. The minimum Gasteiger partial charge on any atom is -0.457 e. The fourth-order valence-corrected chi connectivity index (χ4v) is 10.1. The van der Waals surface area contributed by atoms with Crippen LogP contribution in [-0.4, -0.2) is 97.5 Å². The van der Waals surface area contributed by atoms with Crippen molar-refractivity contribution in [1.29, 1.82) is 0 Å². The second kappa shape index (κ2) is 52.0. The van der Waals surface area contributed by atoms with E-state index >= 15 is 0 Å². The third-order valence-electron chi connectivity index (χ3n) is 14.3. The van der Waals surface area contributed by atoms with Crippen molar-refractivity contribution in [3.8, 4) is 0 Å². The predicted octanol–water partition coefficient (Wildman–Crippen LogP) is 15.7. The summed E-state index contributed by atoms with van der Waals surface area (Å²) in [5, 5.41) is 30.9. The Labute approximate surface area is 454 Å². The van der Waals surface area contributed by atoms with Gasteiger partial charge in [0.2, 0.25) is 0 Å². The number of esters is 1. The number of allylic oxidation sites excluding steroid dienone is 6. The number of unbranched alkanes of at least 4 members (excludes halogenated alkanes) is 36. The monoisotopic (exact) mass is 1070 g/mol. The Morgan fingerprint density at radius 1 is 0.514 bits per heavy atom. The third kappa shape index (κ3) is 44.3. The molecule has 1 saturated heterocycles. The Morgan fingerprint density at radius 2 is 0.892 bits per heavy atom. The molecule has 0 aromatic heterocycles. The Balaban J connectivity index is 2.27. The van der Waals surface area contributed by atoms with Crippen molar-refractivity contribution >= 4 is 16.4 Å². The molecule has 0 aromatic carbocycles. The lowest BCUT2D eigenvalue weighted by molar-refractivity contribution is -0.301. The van der Waals surface area contributed by atoms with Crippen molar-refractivity contribution in [2.45, 2.75) is 320 Å². The summed E-state index contributed by atoms with van der Waals surface area (Å²) in [5.74, 6) is -0.397. The van der Waals surface area contributed by atoms with E-state index in [-0.39, 0.29) is 19.6 Å². The van der Waals surface area contributed by atoms with Crippen molar-refractivity contribution < 1.29 is 56.2 Å². The zero-order valence-electron chi connectivity index (χ0n) is 47.4. The van der Waals surface area contributed by atoms with Crippen LogP contribution >= 0.6 is 0 Å². The molecule has 1 fully saturated rings. The number of hydrogen-bond acceptors (Lipinski definition) is 11. The summed E-state index contributed by atoms with van der Waals surface area (Å²) < 4.78 is 59.5. The first-order valence-corrected chi connectivity index (χ1v) is 32.1. The summed E-state index contributed by atoms with van der Waals surface area (Å²) in [6, 6.07) is 0. The van der Waals surface area contributed by atoms with Crippen LogP contribution in [0.2, 0.25) is 0 Å². The van der Waals surface area contributed by atoms with Crippen LogP contribution in [0.4, 0.5) is 0 Å². The van der Waals surface area contributed by atoms with E-state index in [4.69, 9.17) is 18.9 Å². The molecule has 436 valence electrons. The number of rotatable bonds is 55. The van der Waals surface area contributed by atoms with Crippen LogP contribution in [0.3, 0.4) is 0 Å². The average Bonchev–Trinajstić information content (AvgIpc) is 3.38. The number of carbonyl (C=O) groups is 1. The molecule has 12 nitrogen and oxygen atoms in total. The number of ether oxygens (including phenoxy) is 4. The summed E-state index contributed by atoms with van der Waals surface area (Å²) in [7, 11) is -5.07. The molecule has 6 atom stereocenters. The van der Waals surface area contributed by atoms with E-state index in [0.717, 1.165) is 57.8 Å². The van der Waals surface area contributed by atoms with Gasteiger partial charge in [0.05, 0.1) is 19.8 Å². The maximum atomic E-state index is 13.0. The van der Waals surface area contributed by atoms with Crippen molar-refractivity contribution in [2.24, 2.45) is 0 Å². The van der Waals surface area contributed by atoms with Gasteiger partial charge in [0, 0.05) is 13.0 Å². The first-order valence-electron chi connectivity index (χ1n) is 30.7. The summed E-state index contributed by atoms with van der Waals surface area (Å²) in [6.45, 7) is 4.04. The number of aliphatic hydroxyl groups is 3. The molecular formula is C61H114O12S. The predicted molar refractivity (Wildman–Crippen MR) is 304 cm³/mol. The van der Waals surface area contributed by atoms with Gasteiger partial charge in [-0.15, -0.1) is 0 Å². The third-order valence-corrected chi connectivity index (χ3v) is 14.7. The molecule has 0 amide bonds. The van der Waals surface area contributed by atoms with E-state index in [0.29, 0.717) is 13.0 Å². The molecule has 74 heavy (non-hydrogen) atoms. The fourth-order valence-electron chi connectivity index (χ4n) is 9.62. The highest BCUT2D eigenvalue weighted by atomic mass is 32.3. The molecule has 1 heterocycles. The molecule has 0 aliphatic carbocycles. The van der Waals surface area contributed by atoms with Gasteiger partial charge in [0.15, 0.2) is 6.29 Å². The highest BCUT2D eigenvalue weighted by Gasteiger charge is 2.48. The van der Waals surface area contributed by atoms with Crippen molar-refractivity contribution in [1.82, 2.24) is 0 Å². The molecule has 4 N–H and O–H groups in total. The van der Waals surface area contributed by atoms with Crippen LogP contribution in [0.25, 0.3) is 0 Å². The zero-order chi connectivity index (χ0) is 53.8. The van der Waals surface area contributed by atoms with Crippen LogP contribution < -0.4 is 0 Å². The standard InChI is InChI=1S/C61H114O12S/c1-3-5-7-9-11-13-15-17-19-21-23-25-27-28-29-30-32-34-36-38-40-42-44-46-48-50-57(63)71-55(54-70-61-59(65)60(73-74(66,67)68)58(64)56(52-62)72-61)53-69-51-49-47-45-43-41-39-37-35-33-31-26-24-22-20-18-16-14-12-10-8-6-4-2/h15,17,21,23,27-28,55-56,58-62,64-65H,3-14,16,18-20,22,24-26,29-54H2,1-2H3,(H,66,67,68)/b17-15-,23-21-,28-27-. The van der Waals surface area contributed by atoms with Gasteiger partial charge in [-0.05, 0) is 51.4 Å². The van der Waals surface area contributed by atoms with E-state index in [2.05, 4.69) is 54.5 Å². The van der Waals surface area contributed by atoms with Gasteiger partial charge in [-0.1, -0.05) is 262 Å². The second-order valence-corrected chi connectivity index (χ2v) is 22.4. The summed E-state index contributed by atoms with van der Waals surface area (Å²) in [5.41, 5.74) is 0. The molecule has 0 radical (unpaired) electrons. The lowest BCUT2D eigenvalue weighted by Crippen LogP contribution is -2.60. The second-order valence-electron chi connectivity index (χ2n) is 21.3. The normalized spacial score (nSPS) is 18.9. The molecule has 1 rings (SSSR count). The van der Waals surface area contributed by atoms with Crippen molar-refractivity contribution in [2.75, 3.05) is 26.4 Å². The van der Waals surface area contributed by atoms with Gasteiger partial charge in [0.25, 0.3) is 0 Å². The number of hydrogen-bond donors (Lipinski definition) is 4. The molecule has 13 heteroatoms. The fraction of sp³-hybridized carbons (Fsp3) is 0.885. The van der Waals surface area contributed by atoms with E-state index < -0.39 is 59.8 Å². The van der Waals surface area contributed by atoms with Crippen LogP contribution in [0.1, 0.15) is 284 Å². The quantitative estimate of drug-likeness (QED) is 0.0196. The topological polar surface area (TPSA) is 178 Å². The van der Waals surface area contributed by atoms with Gasteiger partial charge in [-0.3, -0.25) is 9.35 Å². The minimum atomic E-state index is -5.07. The molecule has 1 aliphatic heterocycles. The minimum absolute atomic E-state index is 0.0384. The van der Waals surface area contributed by atoms with Crippen LogP contribution in [0.5, 0.6) is 0 Å². The lowest BCUT2D eigenvalue weighted by atomic mass is 9.99. The Kier molecular flexibility index (Phi) is 49.5. The Hall–Kier alpha value is -1.68. The Bertz CT molecular complexity index is 1420. The highest BCUT2D eigenvalue weighted by molar-refractivity contribution is 7.80. The lowest BCUT2D eigenvalue weighted by Gasteiger charge is -2.41. The SMILES string of the molecule is CCCCCCC/C=C\C/C=C\C/C=C\CCCCCCCCCCCCC(=O)OC(COCCCCCCCCCCCCCCCCCCCCCCCC)COC1OC(CO)C(O)C(OS(=O)(=O)O)C1O. The van der Waals surface area contributed by atoms with Gasteiger partial charge in [0.1, 0.15) is 30.5 Å². The van der Waals surface area contributed by atoms with Crippen LogP contribution in [0.15, 0.2) is 36.5 Å². The maximum Gasteiger partial charge on any atom is 0.397 e. The first-order chi connectivity index (χ1) is 36.1. The van der Waals surface area contributed by atoms with E-state index in [1.54, 1.807) is 0 Å². The molecule has 0 saturated carbocycles. The number of carbonyl (C=O) groups excluding carboxylic acids is 1.